The second kappa shape index (κ2) is 16.3. The molecule has 0 aliphatic rings. The summed E-state index contributed by atoms with van der Waals surface area (Å²) in [5, 5.41) is 3.85. The largest absolute Gasteiger partial charge is 0.404 e. The van der Waals surface area contributed by atoms with Gasteiger partial charge in [-0.2, -0.15) is 13.2 Å². The minimum Gasteiger partial charge on any atom is -0.310 e. The maximum absolute atomic E-state index is 16.1. The molecule has 8 rings (SSSR count). The van der Waals surface area contributed by atoms with E-state index in [1.165, 1.54) is 29.8 Å². The van der Waals surface area contributed by atoms with E-state index >= 15 is 17.6 Å². The molecule has 2 nitrogen and oxygen atoms in total. The molecule has 0 bridgehead atoms. The van der Waals surface area contributed by atoms with Gasteiger partial charge in [0.2, 0.25) is 0 Å². The first-order valence-electron chi connectivity index (χ1n) is 20.5. The van der Waals surface area contributed by atoms with Gasteiger partial charge in [0, 0.05) is 33.5 Å². The summed E-state index contributed by atoms with van der Waals surface area (Å²) in [6.07, 6.45) is -2.96. The molecule has 8 aromatic rings. The molecular formula is C54H48F4N2. The number of aryl methyl sites for hydroxylation is 1. The van der Waals surface area contributed by atoms with E-state index in [-0.39, 0.29) is 16.5 Å². The molecule has 0 N–H and O–H groups in total. The highest BCUT2D eigenvalue weighted by Crippen LogP contribution is 2.50. The van der Waals surface area contributed by atoms with Crippen molar-refractivity contribution in [3.63, 3.8) is 0 Å². The number of halogens is 4. The lowest BCUT2D eigenvalue weighted by atomic mass is 9.74. The van der Waals surface area contributed by atoms with Gasteiger partial charge in [-0.15, -0.1) is 0 Å². The fourth-order valence-electron chi connectivity index (χ4n) is 8.73. The van der Waals surface area contributed by atoms with Crippen molar-refractivity contribution < 1.29 is 17.6 Å². The second-order valence-corrected chi connectivity index (χ2v) is 16.3. The zero-order valence-corrected chi connectivity index (χ0v) is 34.3. The quantitative estimate of drug-likeness (QED) is 0.114. The van der Waals surface area contributed by atoms with Crippen molar-refractivity contribution in [1.82, 2.24) is 0 Å². The van der Waals surface area contributed by atoms with Crippen molar-refractivity contribution in [2.24, 2.45) is 0 Å². The third-order valence-corrected chi connectivity index (χ3v) is 12.0. The fourth-order valence-corrected chi connectivity index (χ4v) is 8.73. The standard InChI is InChI=1S/C54H48F4N2/c1-5-34-52(3,4)41-28-32-45(33-29-41)60(51-25-11-17-40-15-7-9-23-49(40)51)47-21-13-19-43(36-47)53(37-55,54(56,57)58)42-18-12-20-46(35-42)59(44-30-26-38(2)27-31-44)50-24-10-16-39-14-6-8-22-48(39)50/h6-33,35-36H,5,34,37H2,1-4H3. The summed E-state index contributed by atoms with van der Waals surface area (Å²) in [6.45, 7) is 6.91. The van der Waals surface area contributed by atoms with Gasteiger partial charge in [0.25, 0.3) is 0 Å². The van der Waals surface area contributed by atoms with Crippen LogP contribution in [-0.2, 0) is 10.8 Å². The molecule has 0 radical (unpaired) electrons. The first-order valence-corrected chi connectivity index (χ1v) is 20.5. The summed E-state index contributed by atoms with van der Waals surface area (Å²) in [7, 11) is 0. The number of hydrogen-bond donors (Lipinski definition) is 0. The molecule has 0 aromatic heterocycles. The van der Waals surface area contributed by atoms with Gasteiger partial charge in [0.05, 0.1) is 11.4 Å². The van der Waals surface area contributed by atoms with Crippen LogP contribution in [0.1, 0.15) is 55.9 Å². The average Bonchev–Trinajstić information content (AvgIpc) is 3.25. The van der Waals surface area contributed by atoms with E-state index in [9.17, 15) is 0 Å². The summed E-state index contributed by atoms with van der Waals surface area (Å²) < 4.78 is 64.4. The zero-order chi connectivity index (χ0) is 42.1. The van der Waals surface area contributed by atoms with Gasteiger partial charge in [0.1, 0.15) is 12.1 Å². The number of alkyl halides is 4. The van der Waals surface area contributed by atoms with E-state index in [0.29, 0.717) is 11.4 Å². The zero-order valence-electron chi connectivity index (χ0n) is 34.3. The average molecular weight is 801 g/mol. The van der Waals surface area contributed by atoms with Crippen LogP contribution in [0.4, 0.5) is 51.7 Å². The molecule has 0 spiro atoms. The van der Waals surface area contributed by atoms with E-state index in [1.807, 2.05) is 138 Å². The molecule has 0 amide bonds. The topological polar surface area (TPSA) is 6.48 Å². The van der Waals surface area contributed by atoms with Crippen LogP contribution in [0, 0.1) is 6.92 Å². The minimum absolute atomic E-state index is 0.0535. The van der Waals surface area contributed by atoms with Crippen molar-refractivity contribution in [2.75, 3.05) is 16.5 Å². The molecule has 60 heavy (non-hydrogen) atoms. The lowest BCUT2D eigenvalue weighted by Crippen LogP contribution is -2.45. The summed E-state index contributed by atoms with van der Waals surface area (Å²) >= 11 is 0. The van der Waals surface area contributed by atoms with Crippen LogP contribution in [0.2, 0.25) is 0 Å². The molecule has 0 heterocycles. The lowest BCUT2D eigenvalue weighted by molar-refractivity contribution is -0.182. The molecule has 1 atom stereocenters. The van der Waals surface area contributed by atoms with Crippen LogP contribution >= 0.6 is 0 Å². The van der Waals surface area contributed by atoms with Crippen LogP contribution in [0.15, 0.2) is 182 Å². The maximum Gasteiger partial charge on any atom is 0.404 e. The molecule has 0 aliphatic carbocycles. The number of fused-ring (bicyclic) bond motifs is 2. The first kappa shape index (κ1) is 40.4. The number of nitrogens with zero attached hydrogens (tertiary/aromatic N) is 2. The van der Waals surface area contributed by atoms with Crippen molar-refractivity contribution >= 4 is 55.7 Å². The Balaban J connectivity index is 1.31. The first-order chi connectivity index (χ1) is 28.9. The molecule has 0 fully saturated rings. The highest BCUT2D eigenvalue weighted by molar-refractivity contribution is 6.00. The molecule has 0 aliphatic heterocycles. The van der Waals surface area contributed by atoms with E-state index in [4.69, 9.17) is 0 Å². The van der Waals surface area contributed by atoms with Gasteiger partial charge in [-0.25, -0.2) is 4.39 Å². The highest BCUT2D eigenvalue weighted by atomic mass is 19.4. The number of hydrogen-bond acceptors (Lipinski definition) is 2. The highest BCUT2D eigenvalue weighted by Gasteiger charge is 2.58. The second-order valence-electron chi connectivity index (χ2n) is 16.3. The minimum atomic E-state index is -5.01. The fraction of sp³-hybridized carbons (Fsp3) is 0.185. The smallest absolute Gasteiger partial charge is 0.310 e. The third-order valence-electron chi connectivity index (χ3n) is 12.0. The van der Waals surface area contributed by atoms with Gasteiger partial charge in [-0.3, -0.25) is 0 Å². The van der Waals surface area contributed by atoms with Crippen LogP contribution in [0.25, 0.3) is 21.5 Å². The van der Waals surface area contributed by atoms with Crippen molar-refractivity contribution in [3.8, 4) is 0 Å². The Morgan fingerprint density at radius 1 is 0.467 bits per heavy atom. The van der Waals surface area contributed by atoms with Gasteiger partial charge < -0.3 is 9.80 Å². The molecule has 0 saturated carbocycles. The van der Waals surface area contributed by atoms with Gasteiger partial charge >= 0.3 is 6.18 Å². The molecule has 1 unspecified atom stereocenters. The lowest BCUT2D eigenvalue weighted by Gasteiger charge is -2.36. The summed E-state index contributed by atoms with van der Waals surface area (Å²) in [6, 6.07) is 56.5. The molecular weight excluding hydrogens is 753 g/mol. The Bertz CT molecular complexity index is 2740. The summed E-state index contributed by atoms with van der Waals surface area (Å²) in [5.41, 5.74) is 2.91. The Hall–Kier alpha value is -6.40. The van der Waals surface area contributed by atoms with Crippen LogP contribution in [-0.4, -0.2) is 12.9 Å². The Labute approximate surface area is 350 Å². The molecule has 0 saturated heterocycles. The van der Waals surface area contributed by atoms with Crippen molar-refractivity contribution in [1.29, 1.82) is 0 Å². The maximum atomic E-state index is 16.1. The number of anilines is 6. The Morgan fingerprint density at radius 3 is 1.35 bits per heavy atom. The van der Waals surface area contributed by atoms with Crippen molar-refractivity contribution in [3.05, 3.63) is 204 Å². The van der Waals surface area contributed by atoms with E-state index in [1.54, 1.807) is 24.3 Å². The summed E-state index contributed by atoms with van der Waals surface area (Å²) in [5.74, 6) is 0. The monoisotopic (exact) mass is 800 g/mol. The van der Waals surface area contributed by atoms with Crippen LogP contribution < -0.4 is 9.80 Å². The van der Waals surface area contributed by atoms with Crippen molar-refractivity contribution in [2.45, 2.75) is 57.5 Å². The number of rotatable bonds is 12. The van der Waals surface area contributed by atoms with E-state index in [2.05, 4.69) is 32.9 Å². The van der Waals surface area contributed by atoms with Gasteiger partial charge in [-0.1, -0.05) is 154 Å². The summed E-state index contributed by atoms with van der Waals surface area (Å²) in [4.78, 5) is 3.94. The molecule has 6 heteroatoms. The number of benzene rings is 8. The predicted molar refractivity (Wildman–Crippen MR) is 243 cm³/mol. The third kappa shape index (κ3) is 7.40. The molecule has 8 aromatic carbocycles. The SMILES string of the molecule is CCCC(C)(C)c1ccc(N(c2cccc(C(CF)(c3cccc(N(c4ccc(C)cc4)c4cccc5ccccc45)c3)C(F)(F)F)c2)c2cccc3ccccc23)cc1. The van der Waals surface area contributed by atoms with E-state index in [0.717, 1.165) is 62.7 Å². The van der Waals surface area contributed by atoms with E-state index < -0.39 is 18.3 Å². The Morgan fingerprint density at radius 2 is 0.900 bits per heavy atom. The molecule has 302 valence electrons. The van der Waals surface area contributed by atoms with Crippen LogP contribution in [0.3, 0.4) is 0 Å². The van der Waals surface area contributed by atoms with Gasteiger partial charge in [0.15, 0.2) is 0 Å². The van der Waals surface area contributed by atoms with Crippen LogP contribution in [0.5, 0.6) is 0 Å². The Kier molecular flexibility index (Phi) is 11.0. The predicted octanol–water partition coefficient (Wildman–Crippen LogP) is 16.1. The normalized spacial score (nSPS) is 13.0. The van der Waals surface area contributed by atoms with Gasteiger partial charge in [-0.05, 0) is 107 Å².